The number of nitrogens with zero attached hydrogens (tertiary/aromatic N) is 1. The minimum atomic E-state index is 0.0567. The molecule has 1 atom stereocenters. The summed E-state index contributed by atoms with van der Waals surface area (Å²) in [6, 6.07) is 11.7. The van der Waals surface area contributed by atoms with Crippen LogP contribution in [0, 0.1) is 0 Å². The van der Waals surface area contributed by atoms with Gasteiger partial charge in [-0.25, -0.2) is 0 Å². The van der Waals surface area contributed by atoms with E-state index in [-0.39, 0.29) is 11.3 Å². The number of thioether (sulfide) groups is 1. The molecule has 1 aliphatic rings. The van der Waals surface area contributed by atoms with Crippen LogP contribution in [0.5, 0.6) is 5.75 Å². The van der Waals surface area contributed by atoms with E-state index in [9.17, 15) is 4.79 Å². The first kappa shape index (κ1) is 14.8. The summed E-state index contributed by atoms with van der Waals surface area (Å²) >= 11 is 9.20. The van der Waals surface area contributed by atoms with Gasteiger partial charge in [-0.05, 0) is 29.8 Å². The molecular formula is C15H14ClNO2S2. The SMILES string of the molecule is COc1cccc(CN2C(=O)CSC2c2ccc(Cl)s2)c1. The molecule has 1 saturated heterocycles. The van der Waals surface area contributed by atoms with Gasteiger partial charge in [0.2, 0.25) is 5.91 Å². The molecule has 110 valence electrons. The molecule has 2 heterocycles. The van der Waals surface area contributed by atoms with Crippen molar-refractivity contribution in [2.45, 2.75) is 11.9 Å². The monoisotopic (exact) mass is 339 g/mol. The number of carbonyl (C=O) groups is 1. The predicted molar refractivity (Wildman–Crippen MR) is 88.1 cm³/mol. The molecule has 0 bridgehead atoms. The maximum Gasteiger partial charge on any atom is 0.234 e. The number of ether oxygens (including phenoxy) is 1. The highest BCUT2D eigenvalue weighted by Gasteiger charge is 2.33. The Kier molecular flexibility index (Phi) is 4.42. The maximum atomic E-state index is 12.2. The molecule has 1 unspecified atom stereocenters. The fraction of sp³-hybridized carbons (Fsp3) is 0.267. The van der Waals surface area contributed by atoms with Crippen molar-refractivity contribution in [3.63, 3.8) is 0 Å². The first-order valence-electron chi connectivity index (χ1n) is 6.46. The molecule has 0 saturated carbocycles. The summed E-state index contributed by atoms with van der Waals surface area (Å²) in [5, 5.41) is 0.0567. The molecule has 3 rings (SSSR count). The highest BCUT2D eigenvalue weighted by atomic mass is 35.5. The van der Waals surface area contributed by atoms with Gasteiger partial charge in [-0.3, -0.25) is 4.79 Å². The smallest absolute Gasteiger partial charge is 0.234 e. The first-order chi connectivity index (χ1) is 10.2. The van der Waals surface area contributed by atoms with E-state index < -0.39 is 0 Å². The highest BCUT2D eigenvalue weighted by molar-refractivity contribution is 8.00. The Balaban J connectivity index is 1.82. The van der Waals surface area contributed by atoms with Crippen LogP contribution in [-0.2, 0) is 11.3 Å². The van der Waals surface area contributed by atoms with E-state index in [1.807, 2.05) is 41.3 Å². The summed E-state index contributed by atoms with van der Waals surface area (Å²) in [4.78, 5) is 15.2. The van der Waals surface area contributed by atoms with Gasteiger partial charge in [0.1, 0.15) is 11.1 Å². The van der Waals surface area contributed by atoms with Crippen LogP contribution in [0.25, 0.3) is 0 Å². The Morgan fingerprint density at radius 2 is 2.24 bits per heavy atom. The number of methoxy groups -OCH3 is 1. The zero-order valence-electron chi connectivity index (χ0n) is 11.4. The van der Waals surface area contributed by atoms with E-state index in [4.69, 9.17) is 16.3 Å². The lowest BCUT2D eigenvalue weighted by atomic mass is 10.2. The summed E-state index contributed by atoms with van der Waals surface area (Å²) in [6.45, 7) is 0.587. The second-order valence-electron chi connectivity index (χ2n) is 4.68. The van der Waals surface area contributed by atoms with Crippen molar-refractivity contribution in [2.75, 3.05) is 12.9 Å². The number of hydrogen-bond donors (Lipinski definition) is 0. The molecule has 1 aliphatic heterocycles. The van der Waals surface area contributed by atoms with Crippen LogP contribution in [0.4, 0.5) is 0 Å². The summed E-state index contributed by atoms with van der Waals surface area (Å²) in [6.07, 6.45) is 0. The average molecular weight is 340 g/mol. The van der Waals surface area contributed by atoms with Crippen LogP contribution in [0.1, 0.15) is 15.8 Å². The van der Waals surface area contributed by atoms with Crippen LogP contribution in [-0.4, -0.2) is 23.7 Å². The summed E-state index contributed by atoms with van der Waals surface area (Å²) < 4.78 is 5.99. The third kappa shape index (κ3) is 3.20. The second kappa shape index (κ2) is 6.30. The predicted octanol–water partition coefficient (Wildman–Crippen LogP) is 4.18. The minimum absolute atomic E-state index is 0.0567. The quantitative estimate of drug-likeness (QED) is 0.836. The zero-order valence-corrected chi connectivity index (χ0v) is 13.8. The van der Waals surface area contributed by atoms with Gasteiger partial charge in [0.15, 0.2) is 0 Å². The number of rotatable bonds is 4. The molecule has 0 aliphatic carbocycles. The molecule has 0 spiro atoms. The van der Waals surface area contributed by atoms with Crippen LogP contribution < -0.4 is 4.74 Å². The molecule has 1 aromatic heterocycles. The number of carbonyl (C=O) groups excluding carboxylic acids is 1. The highest BCUT2D eigenvalue weighted by Crippen LogP contribution is 2.43. The number of hydrogen-bond acceptors (Lipinski definition) is 4. The Labute approximate surface area is 136 Å². The van der Waals surface area contributed by atoms with Crippen LogP contribution in [0.3, 0.4) is 0 Å². The lowest BCUT2D eigenvalue weighted by Gasteiger charge is -2.23. The number of amides is 1. The van der Waals surface area contributed by atoms with Crippen molar-refractivity contribution < 1.29 is 9.53 Å². The van der Waals surface area contributed by atoms with E-state index in [0.717, 1.165) is 20.5 Å². The largest absolute Gasteiger partial charge is 0.497 e. The normalized spacial score (nSPS) is 18.3. The fourth-order valence-electron chi connectivity index (χ4n) is 2.29. The van der Waals surface area contributed by atoms with Gasteiger partial charge in [-0.1, -0.05) is 23.7 Å². The first-order valence-corrected chi connectivity index (χ1v) is 8.71. The third-order valence-corrected chi connectivity index (χ3v) is 5.96. The van der Waals surface area contributed by atoms with Crippen LogP contribution in [0.15, 0.2) is 36.4 Å². The van der Waals surface area contributed by atoms with Gasteiger partial charge in [0.05, 0.1) is 17.2 Å². The molecule has 1 amide bonds. The average Bonchev–Trinajstić information content (AvgIpc) is 3.06. The second-order valence-corrected chi connectivity index (χ2v) is 7.49. The standard InChI is InChI=1S/C15H14ClNO2S2/c1-19-11-4-2-3-10(7-11)8-17-14(18)9-20-15(17)12-5-6-13(16)21-12/h2-7,15H,8-9H2,1H3. The number of halogens is 1. The van der Waals surface area contributed by atoms with Gasteiger partial charge in [0.25, 0.3) is 0 Å². The van der Waals surface area contributed by atoms with Crippen molar-refractivity contribution in [3.8, 4) is 5.75 Å². The summed E-state index contributed by atoms with van der Waals surface area (Å²) in [5.41, 5.74) is 1.07. The number of thiophene rings is 1. The van der Waals surface area contributed by atoms with E-state index in [1.165, 1.54) is 11.3 Å². The Hall–Kier alpha value is -1.17. The molecular weight excluding hydrogens is 326 g/mol. The van der Waals surface area contributed by atoms with Crippen molar-refractivity contribution in [2.24, 2.45) is 0 Å². The maximum absolute atomic E-state index is 12.2. The molecule has 0 N–H and O–H groups in total. The molecule has 21 heavy (non-hydrogen) atoms. The van der Waals surface area contributed by atoms with Crippen molar-refractivity contribution >= 4 is 40.6 Å². The van der Waals surface area contributed by atoms with Gasteiger partial charge < -0.3 is 9.64 Å². The third-order valence-electron chi connectivity index (χ3n) is 3.29. The van der Waals surface area contributed by atoms with Crippen molar-refractivity contribution in [1.82, 2.24) is 4.90 Å². The van der Waals surface area contributed by atoms with E-state index in [1.54, 1.807) is 18.9 Å². The molecule has 2 aromatic rings. The lowest BCUT2D eigenvalue weighted by molar-refractivity contribution is -0.128. The van der Waals surface area contributed by atoms with Gasteiger partial charge in [0, 0.05) is 11.4 Å². The Bertz CT molecular complexity index is 659. The summed E-state index contributed by atoms with van der Waals surface area (Å²) in [5.74, 6) is 1.49. The van der Waals surface area contributed by atoms with Crippen molar-refractivity contribution in [3.05, 3.63) is 51.2 Å². The molecule has 1 aromatic carbocycles. The Morgan fingerprint density at radius 3 is 2.95 bits per heavy atom. The topological polar surface area (TPSA) is 29.5 Å². The fourth-order valence-corrected chi connectivity index (χ4v) is 4.77. The molecule has 1 fully saturated rings. The number of benzene rings is 1. The van der Waals surface area contributed by atoms with Gasteiger partial charge in [-0.2, -0.15) is 0 Å². The van der Waals surface area contributed by atoms with E-state index in [0.29, 0.717) is 12.3 Å². The lowest BCUT2D eigenvalue weighted by Crippen LogP contribution is -2.27. The van der Waals surface area contributed by atoms with E-state index >= 15 is 0 Å². The van der Waals surface area contributed by atoms with Crippen LogP contribution in [0.2, 0.25) is 4.34 Å². The zero-order chi connectivity index (χ0) is 14.8. The van der Waals surface area contributed by atoms with Crippen LogP contribution >= 0.6 is 34.7 Å². The molecule has 3 nitrogen and oxygen atoms in total. The van der Waals surface area contributed by atoms with Gasteiger partial charge >= 0.3 is 0 Å². The van der Waals surface area contributed by atoms with E-state index in [2.05, 4.69) is 0 Å². The van der Waals surface area contributed by atoms with Crippen molar-refractivity contribution in [1.29, 1.82) is 0 Å². The molecule has 6 heteroatoms. The summed E-state index contributed by atoms with van der Waals surface area (Å²) in [7, 11) is 1.65. The Morgan fingerprint density at radius 1 is 1.38 bits per heavy atom. The van der Waals surface area contributed by atoms with Gasteiger partial charge in [-0.15, -0.1) is 23.1 Å². The minimum Gasteiger partial charge on any atom is -0.497 e. The molecule has 0 radical (unpaired) electrons.